The molecule has 0 spiro atoms. The molecule has 0 unspecified atom stereocenters. The standard InChI is InChI=1S/C15H16FNO2S/c16-10-5-6-13-9(7-10)8-14(20-13)15(19)17-11-3-1-2-4-12(11)18/h5-8,11-12,18H,1-4H2,(H,17,19)/t11-,12-/m1/s1. The van der Waals surface area contributed by atoms with E-state index >= 15 is 0 Å². The van der Waals surface area contributed by atoms with Crippen LogP contribution in [0.5, 0.6) is 0 Å². The van der Waals surface area contributed by atoms with Gasteiger partial charge in [-0.05, 0) is 42.5 Å². The number of halogens is 1. The highest BCUT2D eigenvalue weighted by atomic mass is 32.1. The fraction of sp³-hybridized carbons (Fsp3) is 0.400. The van der Waals surface area contributed by atoms with Crippen molar-refractivity contribution < 1.29 is 14.3 Å². The predicted octanol–water partition coefficient (Wildman–Crippen LogP) is 3.07. The van der Waals surface area contributed by atoms with Crippen LogP contribution in [-0.2, 0) is 0 Å². The molecule has 3 rings (SSSR count). The first-order valence-electron chi connectivity index (χ1n) is 6.81. The lowest BCUT2D eigenvalue weighted by molar-refractivity contribution is 0.0720. The minimum atomic E-state index is -0.459. The number of hydrogen-bond donors (Lipinski definition) is 2. The molecule has 5 heteroatoms. The number of fused-ring (bicyclic) bond motifs is 1. The van der Waals surface area contributed by atoms with Gasteiger partial charge < -0.3 is 10.4 Å². The molecule has 106 valence electrons. The largest absolute Gasteiger partial charge is 0.391 e. The van der Waals surface area contributed by atoms with Gasteiger partial charge in [-0.2, -0.15) is 0 Å². The maximum atomic E-state index is 13.1. The van der Waals surface area contributed by atoms with Gasteiger partial charge >= 0.3 is 0 Å². The van der Waals surface area contributed by atoms with E-state index in [-0.39, 0.29) is 17.8 Å². The SMILES string of the molecule is O=C(N[C@@H]1CCCC[C@H]1O)c1cc2cc(F)ccc2s1. The molecule has 1 saturated carbocycles. The smallest absolute Gasteiger partial charge is 0.261 e. The summed E-state index contributed by atoms with van der Waals surface area (Å²) in [4.78, 5) is 12.8. The third-order valence-corrected chi connectivity index (χ3v) is 4.86. The van der Waals surface area contributed by atoms with Crippen LogP contribution in [0.4, 0.5) is 4.39 Å². The van der Waals surface area contributed by atoms with Crippen LogP contribution in [0.1, 0.15) is 35.4 Å². The maximum absolute atomic E-state index is 13.1. The van der Waals surface area contributed by atoms with Crippen LogP contribution >= 0.6 is 11.3 Å². The van der Waals surface area contributed by atoms with Gasteiger partial charge in [0.2, 0.25) is 0 Å². The monoisotopic (exact) mass is 293 g/mol. The summed E-state index contributed by atoms with van der Waals surface area (Å²) in [5.41, 5.74) is 0. The van der Waals surface area contributed by atoms with E-state index in [0.717, 1.165) is 35.8 Å². The van der Waals surface area contributed by atoms with Crippen molar-refractivity contribution in [3.8, 4) is 0 Å². The van der Waals surface area contributed by atoms with E-state index in [2.05, 4.69) is 5.32 Å². The van der Waals surface area contributed by atoms with Crippen molar-refractivity contribution in [3.63, 3.8) is 0 Å². The molecule has 1 aliphatic rings. The number of hydrogen-bond acceptors (Lipinski definition) is 3. The van der Waals surface area contributed by atoms with Gasteiger partial charge in [0, 0.05) is 4.70 Å². The number of amides is 1. The van der Waals surface area contributed by atoms with E-state index in [4.69, 9.17) is 0 Å². The molecule has 0 bridgehead atoms. The lowest BCUT2D eigenvalue weighted by Crippen LogP contribution is -2.44. The lowest BCUT2D eigenvalue weighted by Gasteiger charge is -2.28. The van der Waals surface area contributed by atoms with Gasteiger partial charge in [0.25, 0.3) is 5.91 Å². The first kappa shape index (κ1) is 13.5. The predicted molar refractivity (Wildman–Crippen MR) is 77.5 cm³/mol. The Hall–Kier alpha value is -1.46. The molecule has 0 aliphatic heterocycles. The summed E-state index contributed by atoms with van der Waals surface area (Å²) in [6.45, 7) is 0. The van der Waals surface area contributed by atoms with Crippen LogP contribution in [0.15, 0.2) is 24.3 Å². The number of carbonyl (C=O) groups is 1. The first-order valence-corrected chi connectivity index (χ1v) is 7.63. The van der Waals surface area contributed by atoms with Gasteiger partial charge in [0.15, 0.2) is 0 Å². The molecule has 3 nitrogen and oxygen atoms in total. The van der Waals surface area contributed by atoms with Crippen molar-refractivity contribution in [2.24, 2.45) is 0 Å². The van der Waals surface area contributed by atoms with Gasteiger partial charge in [-0.1, -0.05) is 12.8 Å². The molecule has 1 aromatic heterocycles. The van der Waals surface area contributed by atoms with Gasteiger partial charge in [0.1, 0.15) is 5.82 Å². The Morgan fingerprint density at radius 1 is 1.30 bits per heavy atom. The van der Waals surface area contributed by atoms with Crippen LogP contribution in [0, 0.1) is 5.82 Å². The van der Waals surface area contributed by atoms with Crippen molar-refractivity contribution in [3.05, 3.63) is 35.0 Å². The molecule has 2 aromatic rings. The van der Waals surface area contributed by atoms with Crippen LogP contribution in [0.3, 0.4) is 0 Å². The van der Waals surface area contributed by atoms with Crippen LogP contribution < -0.4 is 5.32 Å². The molecular formula is C15H16FNO2S. The van der Waals surface area contributed by atoms with Gasteiger partial charge in [-0.3, -0.25) is 4.79 Å². The molecule has 1 amide bonds. The zero-order chi connectivity index (χ0) is 14.1. The highest BCUT2D eigenvalue weighted by molar-refractivity contribution is 7.20. The number of rotatable bonds is 2. The Kier molecular flexibility index (Phi) is 3.72. The van der Waals surface area contributed by atoms with Crippen molar-refractivity contribution in [2.75, 3.05) is 0 Å². The second-order valence-electron chi connectivity index (χ2n) is 5.22. The normalized spacial score (nSPS) is 22.9. The maximum Gasteiger partial charge on any atom is 0.261 e. The highest BCUT2D eigenvalue weighted by Crippen LogP contribution is 2.27. The van der Waals surface area contributed by atoms with Gasteiger partial charge in [-0.15, -0.1) is 11.3 Å². The zero-order valence-electron chi connectivity index (χ0n) is 10.9. The van der Waals surface area contributed by atoms with E-state index < -0.39 is 6.10 Å². The fourth-order valence-corrected chi connectivity index (χ4v) is 3.59. The second kappa shape index (κ2) is 5.50. The van der Waals surface area contributed by atoms with Crippen molar-refractivity contribution in [1.82, 2.24) is 5.32 Å². The average Bonchev–Trinajstić information content (AvgIpc) is 2.84. The molecule has 1 aromatic carbocycles. The van der Waals surface area contributed by atoms with E-state index in [9.17, 15) is 14.3 Å². The Balaban J connectivity index is 1.78. The van der Waals surface area contributed by atoms with E-state index in [1.807, 2.05) is 0 Å². The molecule has 0 radical (unpaired) electrons. The van der Waals surface area contributed by atoms with Crippen molar-refractivity contribution in [1.29, 1.82) is 0 Å². The minimum Gasteiger partial charge on any atom is -0.391 e. The van der Waals surface area contributed by atoms with Crippen LogP contribution in [0.25, 0.3) is 10.1 Å². The Morgan fingerprint density at radius 3 is 2.90 bits per heavy atom. The second-order valence-corrected chi connectivity index (χ2v) is 6.31. The van der Waals surface area contributed by atoms with Crippen molar-refractivity contribution >= 4 is 27.3 Å². The summed E-state index contributed by atoms with van der Waals surface area (Å²) in [6.07, 6.45) is 3.13. The van der Waals surface area contributed by atoms with E-state index in [1.165, 1.54) is 23.5 Å². The summed E-state index contributed by atoms with van der Waals surface area (Å²) in [5.74, 6) is -0.484. The average molecular weight is 293 g/mol. The zero-order valence-corrected chi connectivity index (χ0v) is 11.8. The molecule has 2 N–H and O–H groups in total. The summed E-state index contributed by atoms with van der Waals surface area (Å²) in [5, 5.41) is 13.5. The number of aliphatic hydroxyl groups excluding tert-OH is 1. The van der Waals surface area contributed by atoms with Crippen molar-refractivity contribution in [2.45, 2.75) is 37.8 Å². The van der Waals surface area contributed by atoms with Crippen LogP contribution in [-0.4, -0.2) is 23.2 Å². The Bertz CT molecular complexity index is 640. The third-order valence-electron chi connectivity index (χ3n) is 3.75. The molecule has 1 aliphatic carbocycles. The third kappa shape index (κ3) is 2.69. The fourth-order valence-electron chi connectivity index (χ4n) is 2.65. The summed E-state index contributed by atoms with van der Waals surface area (Å²) >= 11 is 1.34. The van der Waals surface area contributed by atoms with E-state index in [0.29, 0.717) is 4.88 Å². The topological polar surface area (TPSA) is 49.3 Å². The molecule has 1 fully saturated rings. The van der Waals surface area contributed by atoms with E-state index in [1.54, 1.807) is 12.1 Å². The number of thiophene rings is 1. The van der Waals surface area contributed by atoms with Gasteiger partial charge in [-0.25, -0.2) is 4.39 Å². The summed E-state index contributed by atoms with van der Waals surface area (Å²) in [6, 6.07) is 6.04. The Labute approximate surface area is 120 Å². The number of aliphatic hydroxyl groups is 1. The molecule has 0 saturated heterocycles. The minimum absolute atomic E-state index is 0.168. The molecular weight excluding hydrogens is 277 g/mol. The van der Waals surface area contributed by atoms with Gasteiger partial charge in [0.05, 0.1) is 17.0 Å². The molecule has 2 atom stereocenters. The van der Waals surface area contributed by atoms with Crippen LogP contribution in [0.2, 0.25) is 0 Å². The number of benzene rings is 1. The summed E-state index contributed by atoms with van der Waals surface area (Å²) < 4.78 is 14.0. The lowest BCUT2D eigenvalue weighted by atomic mass is 9.92. The first-order chi connectivity index (χ1) is 9.63. The Morgan fingerprint density at radius 2 is 2.10 bits per heavy atom. The molecule has 20 heavy (non-hydrogen) atoms. The molecule has 1 heterocycles. The highest BCUT2D eigenvalue weighted by Gasteiger charge is 2.25. The summed E-state index contributed by atoms with van der Waals surface area (Å²) in [7, 11) is 0. The number of carbonyl (C=O) groups excluding carboxylic acids is 1. The number of nitrogens with one attached hydrogen (secondary N) is 1. The quantitative estimate of drug-likeness (QED) is 0.894.